The van der Waals surface area contributed by atoms with Crippen LogP contribution >= 0.6 is 0 Å². The van der Waals surface area contributed by atoms with Crippen molar-refractivity contribution in [3.8, 4) is 0 Å². The molecular weight excluding hydrogens is 271 g/mol. The third-order valence-electron chi connectivity index (χ3n) is 2.91. The number of nitrogens with zero attached hydrogens (tertiary/aromatic N) is 1. The molecule has 2 nitrogen and oxygen atoms in total. The van der Waals surface area contributed by atoms with Crippen LogP contribution in [-0.2, 0) is 4.79 Å². The Morgan fingerprint density at radius 1 is 1.37 bits per heavy atom. The third kappa shape index (κ3) is 4.24. The van der Waals surface area contributed by atoms with Crippen molar-refractivity contribution >= 4 is 25.4 Å². The van der Waals surface area contributed by atoms with Crippen LogP contribution in [0.15, 0.2) is 36.5 Å². The highest BCUT2D eigenvalue weighted by Gasteiger charge is 2.31. The SMILES string of the molecule is C=C[Si](C)(C)c1cccc(N(C=O)CC(F)(F)F)c1. The summed E-state index contributed by atoms with van der Waals surface area (Å²) < 4.78 is 37.1. The second-order valence-electron chi connectivity index (χ2n) is 4.82. The van der Waals surface area contributed by atoms with Crippen LogP contribution in [0.3, 0.4) is 0 Å². The number of rotatable bonds is 5. The lowest BCUT2D eigenvalue weighted by molar-refractivity contribution is -0.126. The summed E-state index contributed by atoms with van der Waals surface area (Å²) in [4.78, 5) is 11.5. The highest BCUT2D eigenvalue weighted by Crippen LogP contribution is 2.21. The molecule has 19 heavy (non-hydrogen) atoms. The number of anilines is 1. The molecule has 0 bridgehead atoms. The van der Waals surface area contributed by atoms with Crippen LogP contribution in [0.4, 0.5) is 18.9 Å². The lowest BCUT2D eigenvalue weighted by Gasteiger charge is -2.23. The van der Waals surface area contributed by atoms with Gasteiger partial charge >= 0.3 is 6.18 Å². The first kappa shape index (κ1) is 15.5. The van der Waals surface area contributed by atoms with Gasteiger partial charge in [0.25, 0.3) is 0 Å². The molecule has 1 amide bonds. The van der Waals surface area contributed by atoms with Crippen molar-refractivity contribution in [1.82, 2.24) is 0 Å². The van der Waals surface area contributed by atoms with Crippen molar-refractivity contribution in [2.45, 2.75) is 19.3 Å². The van der Waals surface area contributed by atoms with Crippen molar-refractivity contribution in [3.05, 3.63) is 36.5 Å². The van der Waals surface area contributed by atoms with E-state index in [2.05, 4.69) is 6.58 Å². The monoisotopic (exact) mass is 287 g/mol. The zero-order valence-corrected chi connectivity index (χ0v) is 11.9. The second-order valence-corrected chi connectivity index (χ2v) is 9.25. The smallest absolute Gasteiger partial charge is 0.306 e. The minimum atomic E-state index is -4.41. The second kappa shape index (κ2) is 5.60. The molecule has 0 aromatic heterocycles. The van der Waals surface area contributed by atoms with E-state index in [1.165, 1.54) is 6.07 Å². The van der Waals surface area contributed by atoms with Gasteiger partial charge in [-0.05, 0) is 12.1 Å². The molecule has 0 atom stereocenters. The first-order valence-electron chi connectivity index (χ1n) is 5.72. The molecule has 0 N–H and O–H groups in total. The molecule has 1 aromatic rings. The number of carbonyl (C=O) groups excluding carboxylic acids is 1. The highest BCUT2D eigenvalue weighted by atomic mass is 28.3. The van der Waals surface area contributed by atoms with Crippen LogP contribution < -0.4 is 10.1 Å². The normalized spacial score (nSPS) is 12.1. The Kier molecular flexibility index (Phi) is 4.57. The van der Waals surface area contributed by atoms with Crippen molar-refractivity contribution in [1.29, 1.82) is 0 Å². The molecule has 0 aliphatic carbocycles. The Bertz CT molecular complexity index is 471. The first-order chi connectivity index (χ1) is 8.69. The molecule has 0 fully saturated rings. The van der Waals surface area contributed by atoms with Crippen molar-refractivity contribution < 1.29 is 18.0 Å². The molecule has 0 spiro atoms. The largest absolute Gasteiger partial charge is 0.406 e. The number of alkyl halides is 3. The van der Waals surface area contributed by atoms with Gasteiger partial charge in [0.1, 0.15) is 14.6 Å². The van der Waals surface area contributed by atoms with E-state index in [1.54, 1.807) is 12.1 Å². The van der Waals surface area contributed by atoms with E-state index in [0.717, 1.165) is 5.19 Å². The lowest BCUT2D eigenvalue weighted by Crippen LogP contribution is -2.40. The van der Waals surface area contributed by atoms with Crippen LogP contribution in [0.5, 0.6) is 0 Å². The Labute approximate surface area is 111 Å². The number of amides is 1. The van der Waals surface area contributed by atoms with Gasteiger partial charge in [-0.3, -0.25) is 4.79 Å². The number of halogens is 3. The van der Waals surface area contributed by atoms with Crippen molar-refractivity contribution in [2.75, 3.05) is 11.4 Å². The Hall–Kier alpha value is -1.56. The van der Waals surface area contributed by atoms with Gasteiger partial charge in [-0.15, -0.1) is 6.58 Å². The number of carbonyl (C=O) groups is 1. The summed E-state index contributed by atoms with van der Waals surface area (Å²) in [6, 6.07) is 6.65. The third-order valence-corrected chi connectivity index (χ3v) is 5.73. The van der Waals surface area contributed by atoms with E-state index < -0.39 is 20.8 Å². The molecule has 104 valence electrons. The molecule has 0 aliphatic heterocycles. The van der Waals surface area contributed by atoms with Gasteiger partial charge in [-0.2, -0.15) is 13.2 Å². The molecule has 0 saturated carbocycles. The molecule has 0 saturated heterocycles. The minimum absolute atomic E-state index is 0.203. The van der Waals surface area contributed by atoms with E-state index in [-0.39, 0.29) is 12.1 Å². The minimum Gasteiger partial charge on any atom is -0.306 e. The van der Waals surface area contributed by atoms with Crippen LogP contribution in [0.2, 0.25) is 13.1 Å². The zero-order chi connectivity index (χ0) is 14.7. The molecule has 0 aliphatic rings. The summed E-state index contributed by atoms with van der Waals surface area (Å²) >= 11 is 0. The molecule has 0 unspecified atom stereocenters. The Morgan fingerprint density at radius 2 is 2.00 bits per heavy atom. The summed E-state index contributed by atoms with van der Waals surface area (Å²) in [7, 11) is -1.86. The van der Waals surface area contributed by atoms with E-state index in [4.69, 9.17) is 0 Å². The van der Waals surface area contributed by atoms with E-state index in [0.29, 0.717) is 4.90 Å². The highest BCUT2D eigenvalue weighted by molar-refractivity contribution is 6.93. The number of hydrogen-bond donors (Lipinski definition) is 0. The van der Waals surface area contributed by atoms with Gasteiger partial charge < -0.3 is 4.90 Å². The van der Waals surface area contributed by atoms with E-state index >= 15 is 0 Å². The topological polar surface area (TPSA) is 20.3 Å². The van der Waals surface area contributed by atoms with Gasteiger partial charge in [0, 0.05) is 5.69 Å². The van der Waals surface area contributed by atoms with Gasteiger partial charge in [0.2, 0.25) is 6.41 Å². The van der Waals surface area contributed by atoms with Crippen molar-refractivity contribution in [2.24, 2.45) is 0 Å². The summed E-state index contributed by atoms with van der Waals surface area (Å²) in [6.45, 7) is 6.55. The van der Waals surface area contributed by atoms with Crippen LogP contribution in [0, 0.1) is 0 Å². The zero-order valence-electron chi connectivity index (χ0n) is 10.9. The molecular formula is C13H16F3NOSi. The fraction of sp³-hybridized carbons (Fsp3) is 0.308. The molecule has 0 radical (unpaired) electrons. The van der Waals surface area contributed by atoms with E-state index in [9.17, 15) is 18.0 Å². The Balaban J connectivity index is 3.10. The Morgan fingerprint density at radius 3 is 2.47 bits per heavy atom. The molecule has 0 heterocycles. The number of benzene rings is 1. The van der Waals surface area contributed by atoms with Gasteiger partial charge in [-0.25, -0.2) is 0 Å². The standard InChI is InChI=1S/C13H16F3NOSi/c1-4-19(2,3)12-7-5-6-11(8-12)17(10-18)9-13(14,15)16/h4-8,10H,1,9H2,2-3H3. The average Bonchev–Trinajstić information content (AvgIpc) is 2.35. The van der Waals surface area contributed by atoms with Gasteiger partial charge in [0.15, 0.2) is 0 Å². The molecule has 1 rings (SSSR count). The van der Waals surface area contributed by atoms with Crippen LogP contribution in [0.1, 0.15) is 0 Å². The maximum Gasteiger partial charge on any atom is 0.406 e. The maximum absolute atomic E-state index is 12.4. The van der Waals surface area contributed by atoms with Crippen LogP contribution in [0.25, 0.3) is 0 Å². The average molecular weight is 287 g/mol. The fourth-order valence-electron chi connectivity index (χ4n) is 1.59. The summed E-state index contributed by atoms with van der Waals surface area (Å²) in [5.74, 6) is 0. The quantitative estimate of drug-likeness (QED) is 0.602. The maximum atomic E-state index is 12.4. The van der Waals surface area contributed by atoms with E-state index in [1.807, 2.05) is 24.9 Å². The predicted octanol–water partition coefficient (Wildman–Crippen LogP) is 2.85. The van der Waals surface area contributed by atoms with Crippen LogP contribution in [-0.4, -0.2) is 27.2 Å². The number of hydrogen-bond acceptors (Lipinski definition) is 1. The molecule has 6 heteroatoms. The summed E-state index contributed by atoms with van der Waals surface area (Å²) in [5.41, 5.74) is 2.11. The van der Waals surface area contributed by atoms with Gasteiger partial charge in [0.05, 0.1) is 0 Å². The summed E-state index contributed by atoms with van der Waals surface area (Å²) in [6.07, 6.45) is -4.21. The predicted molar refractivity (Wildman–Crippen MR) is 73.2 cm³/mol. The fourth-order valence-corrected chi connectivity index (χ4v) is 2.87. The first-order valence-corrected chi connectivity index (χ1v) is 8.80. The van der Waals surface area contributed by atoms with Gasteiger partial charge in [-0.1, -0.05) is 36.1 Å². The molecule has 1 aromatic carbocycles. The summed E-state index contributed by atoms with van der Waals surface area (Å²) in [5, 5.41) is 0.939. The lowest BCUT2D eigenvalue weighted by atomic mass is 10.3. The van der Waals surface area contributed by atoms with Crippen molar-refractivity contribution in [3.63, 3.8) is 0 Å².